The molecule has 0 unspecified atom stereocenters. The van der Waals surface area contributed by atoms with Crippen molar-refractivity contribution in [2.75, 3.05) is 5.75 Å². The number of carbonyl (C=O) groups is 1. The number of halogens is 1. The molecule has 0 fully saturated rings. The van der Waals surface area contributed by atoms with Gasteiger partial charge in [0.15, 0.2) is 5.82 Å². The molecule has 1 aromatic carbocycles. The third-order valence-corrected chi connectivity index (χ3v) is 4.56. The second-order valence-electron chi connectivity index (χ2n) is 5.12. The Balaban J connectivity index is 1.40. The van der Waals surface area contributed by atoms with Gasteiger partial charge in [0.05, 0.1) is 6.54 Å². The maximum Gasteiger partial charge on any atom is 0.221 e. The van der Waals surface area contributed by atoms with E-state index in [1.54, 1.807) is 23.9 Å². The van der Waals surface area contributed by atoms with Crippen LogP contribution < -0.4 is 5.32 Å². The Hall–Kier alpha value is -1.89. The molecule has 1 aliphatic heterocycles. The smallest absolute Gasteiger partial charge is 0.221 e. The van der Waals surface area contributed by atoms with E-state index in [2.05, 4.69) is 20.1 Å². The first-order valence-corrected chi connectivity index (χ1v) is 8.27. The first kappa shape index (κ1) is 15.0. The number of hydrogen-bond donors (Lipinski definition) is 1. The van der Waals surface area contributed by atoms with E-state index >= 15 is 0 Å². The fourth-order valence-electron chi connectivity index (χ4n) is 2.40. The zero-order valence-electron chi connectivity index (χ0n) is 12.1. The summed E-state index contributed by atoms with van der Waals surface area (Å²) in [7, 11) is 0. The van der Waals surface area contributed by atoms with Gasteiger partial charge in [-0.05, 0) is 30.7 Å². The number of nitrogens with one attached hydrogen (secondary N) is 1. The minimum absolute atomic E-state index is 0.00930. The third-order valence-electron chi connectivity index (χ3n) is 3.54. The van der Waals surface area contributed by atoms with Crippen molar-refractivity contribution in [3.8, 4) is 0 Å². The van der Waals surface area contributed by atoms with Crippen LogP contribution in [-0.2, 0) is 24.3 Å². The maximum atomic E-state index is 12.8. The monoisotopic (exact) mass is 320 g/mol. The molecule has 2 aromatic rings. The van der Waals surface area contributed by atoms with E-state index in [0.29, 0.717) is 18.7 Å². The summed E-state index contributed by atoms with van der Waals surface area (Å²) >= 11 is 1.54. The number of nitrogens with zero attached hydrogens (tertiary/aromatic N) is 3. The van der Waals surface area contributed by atoms with Crippen LogP contribution in [0.15, 0.2) is 29.2 Å². The largest absolute Gasteiger partial charge is 0.349 e. The molecule has 0 atom stereocenters. The van der Waals surface area contributed by atoms with Crippen LogP contribution in [0.4, 0.5) is 4.39 Å². The first-order valence-electron chi connectivity index (χ1n) is 7.28. The molecular weight excluding hydrogens is 303 g/mol. The van der Waals surface area contributed by atoms with E-state index < -0.39 is 0 Å². The summed E-state index contributed by atoms with van der Waals surface area (Å²) < 4.78 is 14.9. The maximum absolute atomic E-state index is 12.8. The van der Waals surface area contributed by atoms with Crippen LogP contribution in [0, 0.1) is 5.82 Å². The van der Waals surface area contributed by atoms with Crippen molar-refractivity contribution in [1.82, 2.24) is 20.1 Å². The van der Waals surface area contributed by atoms with Crippen LogP contribution in [0.2, 0.25) is 0 Å². The molecule has 7 heteroatoms. The van der Waals surface area contributed by atoms with Gasteiger partial charge in [0.1, 0.15) is 11.6 Å². The molecular formula is C15H17FN4OS. The van der Waals surface area contributed by atoms with Crippen LogP contribution in [0.5, 0.6) is 0 Å². The van der Waals surface area contributed by atoms with Crippen molar-refractivity contribution in [3.05, 3.63) is 41.7 Å². The van der Waals surface area contributed by atoms with Crippen molar-refractivity contribution in [3.63, 3.8) is 0 Å². The Labute approximate surface area is 132 Å². The number of aromatic nitrogens is 3. The molecule has 1 N–H and O–H groups in total. The molecule has 0 spiro atoms. The van der Waals surface area contributed by atoms with E-state index in [9.17, 15) is 9.18 Å². The molecule has 116 valence electrons. The number of carbonyl (C=O) groups excluding carboxylic acids is 1. The molecule has 0 radical (unpaired) electrons. The standard InChI is InChI=1S/C15H17FN4OS/c16-11-3-5-12(6-4-11)22-9-7-15(21)17-10-14-19-18-13-2-1-8-20(13)14/h3-6H,1-2,7-10H2,(H,17,21). The summed E-state index contributed by atoms with van der Waals surface area (Å²) in [6.07, 6.45) is 2.48. The van der Waals surface area contributed by atoms with Gasteiger partial charge >= 0.3 is 0 Å². The zero-order valence-corrected chi connectivity index (χ0v) is 12.9. The van der Waals surface area contributed by atoms with E-state index in [-0.39, 0.29) is 11.7 Å². The van der Waals surface area contributed by atoms with Crippen LogP contribution in [0.25, 0.3) is 0 Å². The second kappa shape index (κ2) is 6.91. The highest BCUT2D eigenvalue weighted by Gasteiger charge is 2.17. The van der Waals surface area contributed by atoms with Crippen molar-refractivity contribution in [2.24, 2.45) is 0 Å². The Bertz CT molecular complexity index is 656. The van der Waals surface area contributed by atoms with E-state index in [0.717, 1.165) is 35.9 Å². The lowest BCUT2D eigenvalue weighted by Gasteiger charge is -2.06. The van der Waals surface area contributed by atoms with Gasteiger partial charge in [0.25, 0.3) is 0 Å². The summed E-state index contributed by atoms with van der Waals surface area (Å²) in [5.74, 6) is 2.24. The first-order chi connectivity index (χ1) is 10.7. The highest BCUT2D eigenvalue weighted by atomic mass is 32.2. The lowest BCUT2D eigenvalue weighted by atomic mass is 10.4. The zero-order chi connectivity index (χ0) is 15.4. The molecule has 2 heterocycles. The van der Waals surface area contributed by atoms with Crippen LogP contribution in [-0.4, -0.2) is 26.4 Å². The lowest BCUT2D eigenvalue weighted by molar-refractivity contribution is -0.120. The molecule has 1 aromatic heterocycles. The highest BCUT2D eigenvalue weighted by Crippen LogP contribution is 2.19. The van der Waals surface area contributed by atoms with Gasteiger partial charge in [-0.25, -0.2) is 4.39 Å². The van der Waals surface area contributed by atoms with Crippen molar-refractivity contribution >= 4 is 17.7 Å². The van der Waals surface area contributed by atoms with E-state index in [4.69, 9.17) is 0 Å². The molecule has 22 heavy (non-hydrogen) atoms. The fraction of sp³-hybridized carbons (Fsp3) is 0.400. The highest BCUT2D eigenvalue weighted by molar-refractivity contribution is 7.99. The predicted molar refractivity (Wildman–Crippen MR) is 81.9 cm³/mol. The van der Waals surface area contributed by atoms with Gasteiger partial charge in [0, 0.05) is 30.0 Å². The summed E-state index contributed by atoms with van der Waals surface area (Å²) in [5, 5.41) is 11.1. The molecule has 1 amide bonds. The summed E-state index contributed by atoms with van der Waals surface area (Å²) in [4.78, 5) is 12.8. The predicted octanol–water partition coefficient (Wildman–Crippen LogP) is 2.16. The normalized spacial score (nSPS) is 13.1. The molecule has 5 nitrogen and oxygen atoms in total. The second-order valence-corrected chi connectivity index (χ2v) is 6.29. The average molecular weight is 320 g/mol. The van der Waals surface area contributed by atoms with Gasteiger partial charge < -0.3 is 9.88 Å². The van der Waals surface area contributed by atoms with Gasteiger partial charge in [-0.2, -0.15) is 0 Å². The molecule has 1 aliphatic rings. The topological polar surface area (TPSA) is 59.8 Å². The number of thioether (sulfide) groups is 1. The number of fused-ring (bicyclic) bond motifs is 1. The van der Waals surface area contributed by atoms with Gasteiger partial charge in [-0.15, -0.1) is 22.0 Å². The minimum Gasteiger partial charge on any atom is -0.349 e. The Morgan fingerprint density at radius 2 is 2.14 bits per heavy atom. The van der Waals surface area contributed by atoms with Crippen LogP contribution in [0.3, 0.4) is 0 Å². The molecule has 0 saturated heterocycles. The molecule has 0 aliphatic carbocycles. The quantitative estimate of drug-likeness (QED) is 0.829. The number of benzene rings is 1. The van der Waals surface area contributed by atoms with Crippen molar-refractivity contribution < 1.29 is 9.18 Å². The van der Waals surface area contributed by atoms with Gasteiger partial charge in [-0.3, -0.25) is 4.79 Å². The third kappa shape index (κ3) is 3.65. The van der Waals surface area contributed by atoms with Gasteiger partial charge in [0.2, 0.25) is 5.91 Å². The number of hydrogen-bond acceptors (Lipinski definition) is 4. The fourth-order valence-corrected chi connectivity index (χ4v) is 3.25. The van der Waals surface area contributed by atoms with E-state index in [1.807, 2.05) is 0 Å². The van der Waals surface area contributed by atoms with Crippen LogP contribution in [0.1, 0.15) is 24.5 Å². The van der Waals surface area contributed by atoms with Crippen molar-refractivity contribution in [1.29, 1.82) is 0 Å². The Kier molecular flexibility index (Phi) is 4.72. The van der Waals surface area contributed by atoms with Crippen molar-refractivity contribution in [2.45, 2.75) is 37.2 Å². The number of amides is 1. The molecule has 0 saturated carbocycles. The summed E-state index contributed by atoms with van der Waals surface area (Å²) in [5.41, 5.74) is 0. The Morgan fingerprint density at radius 3 is 2.95 bits per heavy atom. The molecule has 3 rings (SSSR count). The number of rotatable bonds is 6. The summed E-state index contributed by atoms with van der Waals surface area (Å²) in [6, 6.07) is 6.29. The van der Waals surface area contributed by atoms with E-state index in [1.165, 1.54) is 12.1 Å². The minimum atomic E-state index is -0.247. The average Bonchev–Trinajstić information content (AvgIpc) is 3.11. The number of aryl methyl sites for hydroxylation is 1. The summed E-state index contributed by atoms with van der Waals surface area (Å²) in [6.45, 7) is 1.36. The Morgan fingerprint density at radius 1 is 1.32 bits per heavy atom. The molecule has 0 bridgehead atoms. The SMILES string of the molecule is O=C(CCSc1ccc(F)cc1)NCc1nnc2n1CCC2. The lowest BCUT2D eigenvalue weighted by Crippen LogP contribution is -2.24. The van der Waals surface area contributed by atoms with Gasteiger partial charge in [-0.1, -0.05) is 0 Å². The van der Waals surface area contributed by atoms with Crippen LogP contribution >= 0.6 is 11.8 Å².